The molecule has 1 heterocycles. The Bertz CT molecular complexity index is 3430. The molecule has 0 bridgehead atoms. The van der Waals surface area contributed by atoms with Gasteiger partial charge in [-0.05, 0) is 120 Å². The van der Waals surface area contributed by atoms with E-state index in [-0.39, 0.29) is 10.8 Å². The van der Waals surface area contributed by atoms with Gasteiger partial charge in [0, 0.05) is 38.8 Å². The van der Waals surface area contributed by atoms with Crippen molar-refractivity contribution in [3.05, 3.63) is 229 Å². The van der Waals surface area contributed by atoms with E-state index in [1.54, 1.807) is 0 Å². The topological polar surface area (TPSA) is 6.48 Å². The van der Waals surface area contributed by atoms with Crippen LogP contribution in [0.3, 0.4) is 0 Å². The number of anilines is 6. The van der Waals surface area contributed by atoms with Crippen molar-refractivity contribution in [2.24, 2.45) is 0 Å². The molecule has 0 fully saturated rings. The maximum atomic E-state index is 2.57. The summed E-state index contributed by atoms with van der Waals surface area (Å²) in [6, 6.07) is 76.8. The highest BCUT2D eigenvalue weighted by Crippen LogP contribution is 2.57. The van der Waals surface area contributed by atoms with Gasteiger partial charge >= 0.3 is 0 Å². The van der Waals surface area contributed by atoms with Crippen LogP contribution < -0.4 is 9.80 Å². The molecule has 0 radical (unpaired) electrons. The van der Waals surface area contributed by atoms with Crippen LogP contribution in [0.15, 0.2) is 206 Å². The second-order valence-corrected chi connectivity index (χ2v) is 18.1. The van der Waals surface area contributed by atoms with Crippen LogP contribution in [-0.2, 0) is 10.8 Å². The number of benzene rings is 10. The molecule has 0 saturated carbocycles. The predicted molar refractivity (Wildman–Crippen MR) is 263 cm³/mol. The Hall–Kier alpha value is -7.42. The summed E-state index contributed by atoms with van der Waals surface area (Å²) in [4.78, 5) is 5.02. The Kier molecular flexibility index (Phi) is 7.96. The van der Waals surface area contributed by atoms with Crippen LogP contribution in [-0.4, -0.2) is 0 Å². The molecule has 0 spiro atoms. The number of hydrogen-bond acceptors (Lipinski definition) is 2. The lowest BCUT2D eigenvalue weighted by Gasteiger charge is -2.43. The molecule has 0 aromatic heterocycles. The molecule has 1 aliphatic carbocycles. The van der Waals surface area contributed by atoms with Gasteiger partial charge < -0.3 is 9.80 Å². The number of fused-ring (bicyclic) bond motifs is 9. The van der Waals surface area contributed by atoms with E-state index in [1.807, 2.05) is 0 Å². The predicted octanol–water partition coefficient (Wildman–Crippen LogP) is 16.7. The Morgan fingerprint density at radius 3 is 1.68 bits per heavy atom. The van der Waals surface area contributed by atoms with E-state index in [0.717, 1.165) is 17.1 Å². The Balaban J connectivity index is 1.11. The van der Waals surface area contributed by atoms with Gasteiger partial charge in [-0.15, -0.1) is 0 Å². The maximum absolute atomic E-state index is 2.57. The highest BCUT2D eigenvalue weighted by Gasteiger charge is 2.40. The highest BCUT2D eigenvalue weighted by atomic mass is 15.2. The quantitative estimate of drug-likeness (QED) is 0.160. The lowest BCUT2D eigenvalue weighted by molar-refractivity contribution is 0.632. The first-order valence-electron chi connectivity index (χ1n) is 21.9. The first-order chi connectivity index (χ1) is 30.3. The SMILES string of the molecule is CC1(C)c2ccccc2-c2ccc(N(c3ccccc3)c3ccc4c(c3)C(C)(C)c3ccccc3N4c3c(-c4cc5ccccc5c5ccccc45)ccc4ccccc34)cc21. The average Bonchev–Trinajstić information content (AvgIpc) is 3.54. The van der Waals surface area contributed by atoms with Gasteiger partial charge in [-0.3, -0.25) is 0 Å². The van der Waals surface area contributed by atoms with Crippen molar-refractivity contribution < 1.29 is 0 Å². The minimum Gasteiger partial charge on any atom is -0.310 e. The number of rotatable bonds is 5. The maximum Gasteiger partial charge on any atom is 0.0618 e. The van der Waals surface area contributed by atoms with Gasteiger partial charge in [-0.25, -0.2) is 0 Å². The van der Waals surface area contributed by atoms with Crippen molar-refractivity contribution in [2.45, 2.75) is 38.5 Å². The van der Waals surface area contributed by atoms with Crippen molar-refractivity contribution in [2.75, 3.05) is 9.80 Å². The van der Waals surface area contributed by atoms with Gasteiger partial charge in [-0.1, -0.05) is 179 Å². The lowest BCUT2D eigenvalue weighted by Crippen LogP contribution is -2.31. The second-order valence-electron chi connectivity index (χ2n) is 18.1. The first kappa shape index (κ1) is 36.4. The lowest BCUT2D eigenvalue weighted by atomic mass is 9.73. The van der Waals surface area contributed by atoms with Gasteiger partial charge in [0.1, 0.15) is 0 Å². The number of hydrogen-bond donors (Lipinski definition) is 0. The third kappa shape index (κ3) is 5.29. The molecular formula is C60H46N2. The van der Waals surface area contributed by atoms with E-state index in [9.17, 15) is 0 Å². The molecular weight excluding hydrogens is 749 g/mol. The largest absolute Gasteiger partial charge is 0.310 e. The molecule has 10 aromatic carbocycles. The minimum atomic E-state index is -0.303. The first-order valence-corrected chi connectivity index (χ1v) is 21.9. The van der Waals surface area contributed by atoms with Crippen LogP contribution in [0.25, 0.3) is 54.6 Å². The molecule has 0 amide bonds. The molecule has 0 atom stereocenters. The smallest absolute Gasteiger partial charge is 0.0618 e. The average molecular weight is 795 g/mol. The molecule has 2 nitrogen and oxygen atoms in total. The van der Waals surface area contributed by atoms with Gasteiger partial charge in [0.05, 0.1) is 17.1 Å². The molecule has 2 aliphatic rings. The zero-order valence-corrected chi connectivity index (χ0v) is 35.5. The summed E-state index contributed by atoms with van der Waals surface area (Å²) in [7, 11) is 0. The summed E-state index contributed by atoms with van der Waals surface area (Å²) in [5, 5.41) is 7.47. The summed E-state index contributed by atoms with van der Waals surface area (Å²) in [5.74, 6) is 0. The molecule has 12 rings (SSSR count). The minimum absolute atomic E-state index is 0.112. The van der Waals surface area contributed by atoms with Crippen LogP contribution >= 0.6 is 0 Å². The van der Waals surface area contributed by atoms with Gasteiger partial charge in [0.2, 0.25) is 0 Å². The van der Waals surface area contributed by atoms with E-state index in [0.29, 0.717) is 0 Å². The van der Waals surface area contributed by atoms with Crippen molar-refractivity contribution in [1.29, 1.82) is 0 Å². The molecule has 1 aliphatic heterocycles. The fourth-order valence-electron chi connectivity index (χ4n) is 10.9. The fourth-order valence-corrected chi connectivity index (χ4v) is 10.9. The Morgan fingerprint density at radius 1 is 0.323 bits per heavy atom. The summed E-state index contributed by atoms with van der Waals surface area (Å²) in [5.41, 5.74) is 17.0. The van der Waals surface area contributed by atoms with E-state index in [1.165, 1.54) is 93.9 Å². The second kappa shape index (κ2) is 13.5. The number of para-hydroxylation sites is 2. The van der Waals surface area contributed by atoms with Gasteiger partial charge in [-0.2, -0.15) is 0 Å². The zero-order chi connectivity index (χ0) is 41.7. The Morgan fingerprint density at radius 2 is 0.871 bits per heavy atom. The van der Waals surface area contributed by atoms with Crippen LogP contribution in [0.4, 0.5) is 34.1 Å². The third-order valence-corrected chi connectivity index (χ3v) is 14.0. The molecule has 0 N–H and O–H groups in total. The fraction of sp³-hybridized carbons (Fsp3) is 0.100. The van der Waals surface area contributed by atoms with Crippen molar-refractivity contribution >= 4 is 66.4 Å². The monoisotopic (exact) mass is 794 g/mol. The molecule has 2 heteroatoms. The van der Waals surface area contributed by atoms with Crippen LogP contribution in [0, 0.1) is 0 Å². The third-order valence-electron chi connectivity index (χ3n) is 14.0. The summed E-state index contributed by atoms with van der Waals surface area (Å²) >= 11 is 0. The normalized spacial score (nSPS) is 14.4. The van der Waals surface area contributed by atoms with Crippen molar-refractivity contribution in [3.8, 4) is 22.3 Å². The van der Waals surface area contributed by atoms with E-state index < -0.39 is 0 Å². The van der Waals surface area contributed by atoms with E-state index in [2.05, 4.69) is 244 Å². The Labute approximate surface area is 364 Å². The van der Waals surface area contributed by atoms with Crippen LogP contribution in [0.5, 0.6) is 0 Å². The molecule has 296 valence electrons. The van der Waals surface area contributed by atoms with Gasteiger partial charge in [0.15, 0.2) is 0 Å². The molecule has 0 saturated heterocycles. The van der Waals surface area contributed by atoms with Crippen LogP contribution in [0.1, 0.15) is 49.9 Å². The summed E-state index contributed by atoms with van der Waals surface area (Å²) in [6.45, 7) is 9.53. The standard InChI is InChI=1S/C60H46N2/c1-59(2)52-27-15-14-26-48(52)49-34-31-42(37-54(49)59)61(41-20-6-5-7-21-41)43-32-35-57-55(38-43)60(3,4)53-28-16-17-29-56(53)62(57)58-45-23-11-8-18-39(45)30-33-50(58)51-36-40-19-9-10-22-44(40)46-24-12-13-25-47(46)51/h5-38H,1-4H3. The number of nitrogens with zero attached hydrogens (tertiary/aromatic N) is 2. The molecule has 10 aromatic rings. The van der Waals surface area contributed by atoms with E-state index >= 15 is 0 Å². The molecule has 0 unspecified atom stereocenters. The summed E-state index contributed by atoms with van der Waals surface area (Å²) in [6.07, 6.45) is 0. The van der Waals surface area contributed by atoms with Crippen molar-refractivity contribution in [3.63, 3.8) is 0 Å². The molecule has 62 heavy (non-hydrogen) atoms. The van der Waals surface area contributed by atoms with E-state index in [4.69, 9.17) is 0 Å². The highest BCUT2D eigenvalue weighted by molar-refractivity contribution is 6.17. The summed E-state index contributed by atoms with van der Waals surface area (Å²) < 4.78 is 0. The van der Waals surface area contributed by atoms with Gasteiger partial charge in [0.25, 0.3) is 0 Å². The van der Waals surface area contributed by atoms with Crippen molar-refractivity contribution in [1.82, 2.24) is 0 Å². The van der Waals surface area contributed by atoms with Crippen LogP contribution in [0.2, 0.25) is 0 Å². The zero-order valence-electron chi connectivity index (χ0n) is 35.5.